The summed E-state index contributed by atoms with van der Waals surface area (Å²) >= 11 is 0. The monoisotopic (exact) mass is 340 g/mol. The van der Waals surface area contributed by atoms with E-state index in [1.807, 2.05) is 0 Å². The molecule has 130 valence electrons. The summed E-state index contributed by atoms with van der Waals surface area (Å²) in [5.41, 5.74) is 0.648. The summed E-state index contributed by atoms with van der Waals surface area (Å²) in [6, 6.07) is 9.19. The fraction of sp³-hybridized carbons (Fsp3) is 0.316. The lowest BCUT2D eigenvalue weighted by atomic mass is 10.1. The van der Waals surface area contributed by atoms with Crippen LogP contribution in [0.25, 0.3) is 6.08 Å². The lowest BCUT2D eigenvalue weighted by Gasteiger charge is -2.24. The molecule has 6 nitrogen and oxygen atoms in total. The van der Waals surface area contributed by atoms with Gasteiger partial charge in [0.25, 0.3) is 11.8 Å². The second-order valence-electron chi connectivity index (χ2n) is 6.43. The molecule has 0 saturated carbocycles. The van der Waals surface area contributed by atoms with Crippen LogP contribution in [0.4, 0.5) is 0 Å². The van der Waals surface area contributed by atoms with Crippen molar-refractivity contribution < 1.29 is 19.1 Å². The Morgan fingerprint density at radius 2 is 1.88 bits per heavy atom. The van der Waals surface area contributed by atoms with E-state index in [-0.39, 0.29) is 24.1 Å². The average molecular weight is 340 g/mol. The van der Waals surface area contributed by atoms with E-state index in [9.17, 15) is 14.4 Å². The number of ether oxygens (including phenoxy) is 1. The van der Waals surface area contributed by atoms with Gasteiger partial charge in [-0.1, -0.05) is 18.1 Å². The summed E-state index contributed by atoms with van der Waals surface area (Å²) in [6.07, 6.45) is 1.55. The predicted octanol–water partition coefficient (Wildman–Crippen LogP) is 1.92. The van der Waals surface area contributed by atoms with Crippen LogP contribution >= 0.6 is 0 Å². The van der Waals surface area contributed by atoms with Crippen LogP contribution in [0.1, 0.15) is 43.6 Å². The molecule has 1 aliphatic heterocycles. The molecule has 1 heterocycles. The third-order valence-electron chi connectivity index (χ3n) is 3.20. The van der Waals surface area contributed by atoms with E-state index >= 15 is 0 Å². The van der Waals surface area contributed by atoms with E-state index in [2.05, 4.69) is 17.3 Å². The maximum absolute atomic E-state index is 12.0. The van der Waals surface area contributed by atoms with Crippen molar-refractivity contribution in [2.45, 2.75) is 33.3 Å². The fourth-order valence-corrected chi connectivity index (χ4v) is 2.14. The van der Waals surface area contributed by atoms with E-state index in [0.717, 1.165) is 4.90 Å². The first-order chi connectivity index (χ1) is 11.7. The standard InChI is InChI=1S/C19H20N2O4/c1-5-10-21-15(17(23)20-12-16(21)22)11-13-6-8-14(9-7-13)18(24)25-19(2,3)4/h6-9,11H,12H2,1-4H3,(H,20,23). The van der Waals surface area contributed by atoms with Crippen molar-refractivity contribution in [3.63, 3.8) is 0 Å². The molecule has 1 aliphatic rings. The van der Waals surface area contributed by atoms with Crippen LogP contribution < -0.4 is 5.32 Å². The van der Waals surface area contributed by atoms with Crippen molar-refractivity contribution in [3.8, 4) is 12.0 Å². The maximum Gasteiger partial charge on any atom is 0.338 e. The van der Waals surface area contributed by atoms with E-state index in [1.54, 1.807) is 58.0 Å². The Labute approximate surface area is 146 Å². The second kappa shape index (κ2) is 7.22. The summed E-state index contributed by atoms with van der Waals surface area (Å²) < 4.78 is 5.30. The van der Waals surface area contributed by atoms with Gasteiger partial charge in [0.1, 0.15) is 11.3 Å². The van der Waals surface area contributed by atoms with Crippen LogP contribution in [0.5, 0.6) is 0 Å². The molecule has 1 N–H and O–H groups in total. The predicted molar refractivity (Wildman–Crippen MR) is 92.9 cm³/mol. The van der Waals surface area contributed by atoms with Crippen molar-refractivity contribution in [3.05, 3.63) is 41.1 Å². The SMILES string of the molecule is CC#CN1C(=O)CNC(=O)C1=Cc1ccc(C(=O)OC(C)(C)C)cc1. The Kier molecular flexibility index (Phi) is 5.28. The molecule has 0 aliphatic carbocycles. The molecule has 1 saturated heterocycles. The highest BCUT2D eigenvalue weighted by molar-refractivity contribution is 6.06. The lowest BCUT2D eigenvalue weighted by molar-refractivity contribution is -0.133. The highest BCUT2D eigenvalue weighted by Gasteiger charge is 2.28. The molecule has 2 amide bonds. The van der Waals surface area contributed by atoms with Gasteiger partial charge in [-0.05, 0) is 51.5 Å². The molecular weight excluding hydrogens is 320 g/mol. The number of amides is 2. The normalized spacial score (nSPS) is 16.2. The zero-order chi connectivity index (χ0) is 18.6. The molecule has 0 unspecified atom stereocenters. The van der Waals surface area contributed by atoms with E-state index < -0.39 is 11.6 Å². The number of rotatable bonds is 2. The van der Waals surface area contributed by atoms with Gasteiger partial charge < -0.3 is 10.1 Å². The highest BCUT2D eigenvalue weighted by Crippen LogP contribution is 2.17. The minimum absolute atomic E-state index is 0.0809. The van der Waals surface area contributed by atoms with Crippen LogP contribution in [0.3, 0.4) is 0 Å². The van der Waals surface area contributed by atoms with Crippen LogP contribution in [0.15, 0.2) is 30.0 Å². The summed E-state index contributed by atoms with van der Waals surface area (Å²) in [5.74, 6) is 1.53. The van der Waals surface area contributed by atoms with E-state index in [1.165, 1.54) is 0 Å². The first kappa shape index (κ1) is 18.3. The van der Waals surface area contributed by atoms with Crippen LogP contribution in [-0.4, -0.2) is 34.8 Å². The summed E-state index contributed by atoms with van der Waals surface area (Å²) in [4.78, 5) is 37.1. The Bertz CT molecular complexity index is 789. The molecule has 6 heteroatoms. The number of benzene rings is 1. The smallest absolute Gasteiger partial charge is 0.338 e. The number of esters is 1. The number of nitrogens with zero attached hydrogens (tertiary/aromatic N) is 1. The molecule has 0 aromatic heterocycles. The van der Waals surface area contributed by atoms with E-state index in [0.29, 0.717) is 11.1 Å². The van der Waals surface area contributed by atoms with Crippen molar-refractivity contribution in [1.82, 2.24) is 10.2 Å². The van der Waals surface area contributed by atoms with Gasteiger partial charge in [-0.3, -0.25) is 9.59 Å². The van der Waals surface area contributed by atoms with Gasteiger partial charge in [0.05, 0.1) is 12.1 Å². The molecule has 1 aromatic carbocycles. The zero-order valence-electron chi connectivity index (χ0n) is 14.7. The van der Waals surface area contributed by atoms with Crippen LogP contribution in [0, 0.1) is 12.0 Å². The first-order valence-electron chi connectivity index (χ1n) is 7.80. The molecular formula is C19H20N2O4. The zero-order valence-corrected chi connectivity index (χ0v) is 14.7. The topological polar surface area (TPSA) is 75.7 Å². The van der Waals surface area contributed by atoms with Gasteiger partial charge in [-0.15, -0.1) is 0 Å². The summed E-state index contributed by atoms with van der Waals surface area (Å²) in [6.45, 7) is 6.90. The Morgan fingerprint density at radius 1 is 1.24 bits per heavy atom. The molecule has 2 rings (SSSR count). The Morgan fingerprint density at radius 3 is 2.44 bits per heavy atom. The number of piperazine rings is 1. The van der Waals surface area contributed by atoms with Crippen molar-refractivity contribution >= 4 is 23.9 Å². The van der Waals surface area contributed by atoms with Gasteiger partial charge in [0.15, 0.2) is 0 Å². The number of hydrogen-bond donors (Lipinski definition) is 1. The van der Waals surface area contributed by atoms with Gasteiger partial charge in [0.2, 0.25) is 0 Å². The maximum atomic E-state index is 12.0. The highest BCUT2D eigenvalue weighted by atomic mass is 16.6. The first-order valence-corrected chi connectivity index (χ1v) is 7.80. The number of hydrogen-bond acceptors (Lipinski definition) is 4. The Balaban J connectivity index is 2.27. The average Bonchev–Trinajstić information content (AvgIpc) is 2.53. The number of nitrogens with one attached hydrogen (secondary N) is 1. The number of carbonyl (C=O) groups excluding carboxylic acids is 3. The molecule has 0 atom stereocenters. The quantitative estimate of drug-likeness (QED) is 0.507. The van der Waals surface area contributed by atoms with Gasteiger partial charge >= 0.3 is 5.97 Å². The molecule has 1 fully saturated rings. The lowest BCUT2D eigenvalue weighted by Crippen LogP contribution is -2.47. The van der Waals surface area contributed by atoms with E-state index in [4.69, 9.17) is 4.74 Å². The van der Waals surface area contributed by atoms with Gasteiger partial charge in [0, 0.05) is 6.04 Å². The minimum Gasteiger partial charge on any atom is -0.456 e. The molecule has 1 aromatic rings. The molecule has 0 radical (unpaired) electrons. The van der Waals surface area contributed by atoms with Crippen LogP contribution in [-0.2, 0) is 14.3 Å². The molecule has 25 heavy (non-hydrogen) atoms. The largest absolute Gasteiger partial charge is 0.456 e. The Hall–Kier alpha value is -3.07. The van der Waals surface area contributed by atoms with Crippen molar-refractivity contribution in [1.29, 1.82) is 0 Å². The molecule has 0 spiro atoms. The van der Waals surface area contributed by atoms with Gasteiger partial charge in [-0.25, -0.2) is 9.69 Å². The minimum atomic E-state index is -0.572. The molecule has 0 bridgehead atoms. The van der Waals surface area contributed by atoms with Crippen molar-refractivity contribution in [2.75, 3.05) is 6.54 Å². The van der Waals surface area contributed by atoms with Gasteiger partial charge in [-0.2, -0.15) is 0 Å². The second-order valence-corrected chi connectivity index (χ2v) is 6.43. The fourth-order valence-electron chi connectivity index (χ4n) is 2.14. The third kappa shape index (κ3) is 4.70. The van der Waals surface area contributed by atoms with Crippen LogP contribution in [0.2, 0.25) is 0 Å². The summed E-state index contributed by atoms with van der Waals surface area (Å²) in [5, 5.41) is 2.51. The third-order valence-corrected chi connectivity index (χ3v) is 3.20. The van der Waals surface area contributed by atoms with Crippen molar-refractivity contribution in [2.24, 2.45) is 0 Å². The number of carbonyl (C=O) groups is 3. The summed E-state index contributed by atoms with van der Waals surface area (Å²) in [7, 11) is 0.